The lowest BCUT2D eigenvalue weighted by Crippen LogP contribution is -2.10. The summed E-state index contributed by atoms with van der Waals surface area (Å²) >= 11 is 2.94. The summed E-state index contributed by atoms with van der Waals surface area (Å²) in [4.78, 5) is 15.7. The van der Waals surface area contributed by atoms with Gasteiger partial charge in [0.25, 0.3) is 0 Å². The second-order valence-corrected chi connectivity index (χ2v) is 6.26. The van der Waals surface area contributed by atoms with Crippen molar-refractivity contribution >= 4 is 34.3 Å². The summed E-state index contributed by atoms with van der Waals surface area (Å²) < 4.78 is 4.24. The Morgan fingerprint density at radius 3 is 2.74 bits per heavy atom. The number of hydrogen-bond acceptors (Lipinski definition) is 5. The van der Waals surface area contributed by atoms with Gasteiger partial charge in [-0.1, -0.05) is 51.3 Å². The Labute approximate surface area is 124 Å². The van der Waals surface area contributed by atoms with Crippen LogP contribution >= 0.6 is 23.3 Å². The van der Waals surface area contributed by atoms with Gasteiger partial charge in [0.05, 0.1) is 0 Å². The van der Waals surface area contributed by atoms with Gasteiger partial charge >= 0.3 is 0 Å². The fourth-order valence-electron chi connectivity index (χ4n) is 1.60. The largest absolute Gasteiger partial charge is 0.301 e. The Balaban J connectivity index is 2.18. The number of amides is 1. The maximum atomic E-state index is 11.4. The maximum absolute atomic E-state index is 11.4. The number of carbonyl (C=O) groups is 1. The van der Waals surface area contributed by atoms with Crippen molar-refractivity contribution in [2.24, 2.45) is 0 Å². The number of unbranched alkanes of at least 4 members (excludes halogenated alkanes) is 4. The van der Waals surface area contributed by atoms with E-state index in [1.807, 2.05) is 6.92 Å². The molecule has 0 aliphatic heterocycles. The summed E-state index contributed by atoms with van der Waals surface area (Å²) in [7, 11) is 0. The van der Waals surface area contributed by atoms with Crippen molar-refractivity contribution < 1.29 is 4.79 Å². The third-order valence-corrected chi connectivity index (χ3v) is 4.29. The second kappa shape index (κ2) is 10.2. The van der Waals surface area contributed by atoms with E-state index in [-0.39, 0.29) is 5.91 Å². The average Bonchev–Trinajstić information content (AvgIpc) is 2.81. The van der Waals surface area contributed by atoms with Crippen LogP contribution < -0.4 is 5.32 Å². The van der Waals surface area contributed by atoms with Crippen LogP contribution in [0, 0.1) is 0 Å². The first-order valence-corrected chi connectivity index (χ1v) is 8.78. The van der Waals surface area contributed by atoms with Gasteiger partial charge in [-0.2, -0.15) is 9.36 Å². The Morgan fingerprint density at radius 2 is 2.00 bits per heavy atom. The van der Waals surface area contributed by atoms with E-state index in [0.717, 1.165) is 17.3 Å². The Bertz CT molecular complexity index is 369. The Kier molecular flexibility index (Phi) is 8.82. The fraction of sp³-hybridized carbons (Fsp3) is 0.769. The smallest absolute Gasteiger partial charge is 0.226 e. The summed E-state index contributed by atoms with van der Waals surface area (Å²) in [5.74, 6) is 1.08. The molecule has 0 spiro atoms. The van der Waals surface area contributed by atoms with Crippen LogP contribution in [0.2, 0.25) is 0 Å². The molecule has 0 saturated heterocycles. The molecule has 1 rings (SSSR count). The molecule has 0 aliphatic rings. The predicted molar refractivity (Wildman–Crippen MR) is 82.9 cm³/mol. The van der Waals surface area contributed by atoms with E-state index in [1.165, 1.54) is 43.6 Å². The third kappa shape index (κ3) is 7.52. The molecule has 1 amide bonds. The molecule has 1 aromatic rings. The highest BCUT2D eigenvalue weighted by molar-refractivity contribution is 7.99. The summed E-state index contributed by atoms with van der Waals surface area (Å²) in [5, 5.41) is 4.18. The minimum absolute atomic E-state index is 0.0229. The molecule has 0 aliphatic carbocycles. The maximum Gasteiger partial charge on any atom is 0.226 e. The average molecular weight is 301 g/mol. The zero-order chi connectivity index (χ0) is 13.9. The normalized spacial score (nSPS) is 10.6. The monoisotopic (exact) mass is 301 g/mol. The molecule has 0 saturated carbocycles. The summed E-state index contributed by atoms with van der Waals surface area (Å²) in [6.45, 7) is 4.21. The standard InChI is InChI=1S/C13H23N3OS2/c1-3-5-6-7-8-10-18-13-15-12(19-16-13)14-11(17)9-4-2/h3-10H2,1-2H3,(H,14,15,16,17). The molecule has 19 heavy (non-hydrogen) atoms. The highest BCUT2D eigenvalue weighted by atomic mass is 32.2. The zero-order valence-corrected chi connectivity index (χ0v) is 13.4. The third-order valence-electron chi connectivity index (χ3n) is 2.61. The van der Waals surface area contributed by atoms with Crippen molar-refractivity contribution in [2.45, 2.75) is 63.9 Å². The van der Waals surface area contributed by atoms with Crippen LogP contribution in [0.25, 0.3) is 0 Å². The number of nitrogens with zero attached hydrogens (tertiary/aromatic N) is 2. The Morgan fingerprint density at radius 1 is 1.21 bits per heavy atom. The summed E-state index contributed by atoms with van der Waals surface area (Å²) in [5.41, 5.74) is 0. The molecule has 1 aromatic heterocycles. The van der Waals surface area contributed by atoms with Gasteiger partial charge in [0.2, 0.25) is 16.2 Å². The van der Waals surface area contributed by atoms with Crippen LogP contribution in [-0.4, -0.2) is 21.0 Å². The van der Waals surface area contributed by atoms with E-state index >= 15 is 0 Å². The number of nitrogens with one attached hydrogen (secondary N) is 1. The van der Waals surface area contributed by atoms with Gasteiger partial charge in [-0.25, -0.2) is 0 Å². The van der Waals surface area contributed by atoms with Gasteiger partial charge in [-0.3, -0.25) is 4.79 Å². The van der Waals surface area contributed by atoms with Crippen LogP contribution in [0.5, 0.6) is 0 Å². The van der Waals surface area contributed by atoms with E-state index in [4.69, 9.17) is 0 Å². The summed E-state index contributed by atoms with van der Waals surface area (Å²) in [6.07, 6.45) is 7.81. The van der Waals surface area contributed by atoms with E-state index in [2.05, 4.69) is 21.6 Å². The highest BCUT2D eigenvalue weighted by Gasteiger charge is 2.07. The molecule has 1 N–H and O–H groups in total. The number of thioether (sulfide) groups is 1. The molecular formula is C13H23N3OS2. The van der Waals surface area contributed by atoms with E-state index in [0.29, 0.717) is 11.6 Å². The van der Waals surface area contributed by atoms with Gasteiger partial charge in [0.1, 0.15) is 0 Å². The van der Waals surface area contributed by atoms with Crippen molar-refractivity contribution in [1.29, 1.82) is 0 Å². The molecule has 4 nitrogen and oxygen atoms in total. The number of anilines is 1. The van der Waals surface area contributed by atoms with Crippen LogP contribution in [0.4, 0.5) is 5.13 Å². The number of hydrogen-bond donors (Lipinski definition) is 1. The molecule has 0 unspecified atom stereocenters. The quantitative estimate of drug-likeness (QED) is 0.516. The van der Waals surface area contributed by atoms with Crippen LogP contribution in [-0.2, 0) is 4.79 Å². The van der Waals surface area contributed by atoms with Gasteiger partial charge in [-0.15, -0.1) is 0 Å². The van der Waals surface area contributed by atoms with Crippen molar-refractivity contribution in [3.8, 4) is 0 Å². The molecule has 0 fully saturated rings. The lowest BCUT2D eigenvalue weighted by atomic mass is 10.2. The van der Waals surface area contributed by atoms with E-state index in [1.54, 1.807) is 11.8 Å². The van der Waals surface area contributed by atoms with E-state index in [9.17, 15) is 4.79 Å². The van der Waals surface area contributed by atoms with Crippen molar-refractivity contribution in [3.63, 3.8) is 0 Å². The van der Waals surface area contributed by atoms with Gasteiger partial charge < -0.3 is 5.32 Å². The van der Waals surface area contributed by atoms with Gasteiger partial charge in [-0.05, 0) is 12.8 Å². The van der Waals surface area contributed by atoms with Crippen LogP contribution in [0.1, 0.15) is 58.8 Å². The zero-order valence-electron chi connectivity index (χ0n) is 11.8. The molecule has 0 atom stereocenters. The van der Waals surface area contributed by atoms with Crippen LogP contribution in [0.15, 0.2) is 5.16 Å². The first kappa shape index (κ1) is 16.4. The SMILES string of the molecule is CCCCCCCSc1nsc(NC(=O)CCC)n1. The Hall–Kier alpha value is -0.620. The topological polar surface area (TPSA) is 54.9 Å². The minimum Gasteiger partial charge on any atom is -0.301 e. The number of aromatic nitrogens is 2. The van der Waals surface area contributed by atoms with Crippen molar-refractivity contribution in [1.82, 2.24) is 9.36 Å². The van der Waals surface area contributed by atoms with Crippen molar-refractivity contribution in [2.75, 3.05) is 11.1 Å². The van der Waals surface area contributed by atoms with Gasteiger partial charge in [0, 0.05) is 23.7 Å². The molecule has 1 heterocycles. The molecule has 108 valence electrons. The fourth-order valence-corrected chi connectivity index (χ4v) is 3.16. The molecule has 0 bridgehead atoms. The molecular weight excluding hydrogens is 278 g/mol. The molecule has 0 aromatic carbocycles. The van der Waals surface area contributed by atoms with Gasteiger partial charge in [0.15, 0.2) is 0 Å². The number of rotatable bonds is 10. The lowest BCUT2D eigenvalue weighted by molar-refractivity contribution is -0.116. The molecule has 0 radical (unpaired) electrons. The molecule has 6 heteroatoms. The summed E-state index contributed by atoms with van der Waals surface area (Å²) in [6, 6.07) is 0. The first-order valence-electron chi connectivity index (χ1n) is 7.02. The van der Waals surface area contributed by atoms with Crippen LogP contribution in [0.3, 0.4) is 0 Å². The van der Waals surface area contributed by atoms with Crippen molar-refractivity contribution in [3.05, 3.63) is 0 Å². The first-order chi connectivity index (χ1) is 9.26. The second-order valence-electron chi connectivity index (χ2n) is 4.44. The highest BCUT2D eigenvalue weighted by Crippen LogP contribution is 2.21. The number of carbonyl (C=O) groups excluding carboxylic acids is 1. The lowest BCUT2D eigenvalue weighted by Gasteiger charge is -1.98. The predicted octanol–water partition coefficient (Wildman–Crippen LogP) is 4.34. The van der Waals surface area contributed by atoms with E-state index < -0.39 is 0 Å². The minimum atomic E-state index is 0.0229.